The molecule has 2 fully saturated rings. The number of hydrogen-bond acceptors (Lipinski definition) is 7. The van der Waals surface area contributed by atoms with Gasteiger partial charge in [-0.05, 0) is 30.5 Å². The second-order valence-electron chi connectivity index (χ2n) is 11.0. The highest BCUT2D eigenvalue weighted by molar-refractivity contribution is 5.97. The van der Waals surface area contributed by atoms with Gasteiger partial charge in [-0.3, -0.25) is 9.88 Å². The monoisotopic (exact) mass is 492 g/mol. The van der Waals surface area contributed by atoms with Crippen LogP contribution in [0.25, 0.3) is 10.9 Å². The number of ether oxygens (including phenoxy) is 1. The molecule has 2 aliphatic heterocycles. The van der Waals surface area contributed by atoms with Crippen molar-refractivity contribution in [2.45, 2.75) is 27.7 Å². The zero-order valence-corrected chi connectivity index (χ0v) is 21.9. The van der Waals surface area contributed by atoms with Crippen molar-refractivity contribution >= 4 is 33.8 Å². The summed E-state index contributed by atoms with van der Waals surface area (Å²) in [5.74, 6) is 0.646. The number of pyridine rings is 2. The van der Waals surface area contributed by atoms with Gasteiger partial charge >= 0.3 is 0 Å². The summed E-state index contributed by atoms with van der Waals surface area (Å²) in [5.41, 5.74) is 4.51. The number of anilines is 4. The zero-order chi connectivity index (χ0) is 25.3. The molecule has 36 heavy (non-hydrogen) atoms. The van der Waals surface area contributed by atoms with E-state index in [0.29, 0.717) is 24.1 Å². The van der Waals surface area contributed by atoms with Crippen LogP contribution in [0.1, 0.15) is 26.3 Å². The van der Waals surface area contributed by atoms with E-state index in [1.165, 1.54) is 6.07 Å². The summed E-state index contributed by atoms with van der Waals surface area (Å²) in [6.07, 6.45) is 3.67. The Labute approximate surface area is 213 Å². The van der Waals surface area contributed by atoms with Crippen LogP contribution in [-0.4, -0.2) is 73.9 Å². The molecule has 0 atom stereocenters. The minimum atomic E-state index is -0.274. The van der Waals surface area contributed by atoms with Crippen molar-refractivity contribution in [3.8, 4) is 0 Å². The van der Waals surface area contributed by atoms with Gasteiger partial charge in [0.25, 0.3) is 0 Å². The summed E-state index contributed by atoms with van der Waals surface area (Å²) in [5, 5.41) is 4.03. The molecule has 0 radical (unpaired) electrons. The summed E-state index contributed by atoms with van der Waals surface area (Å²) >= 11 is 0. The predicted molar refractivity (Wildman–Crippen MR) is 145 cm³/mol. The van der Waals surface area contributed by atoms with E-state index < -0.39 is 0 Å². The lowest BCUT2D eigenvalue weighted by Gasteiger charge is -2.39. The molecular weight excluding hydrogens is 455 g/mol. The quantitative estimate of drug-likeness (QED) is 0.548. The highest BCUT2D eigenvalue weighted by Gasteiger charge is 2.25. The maximum Gasteiger partial charge on any atom is 0.134 e. The molecule has 2 aliphatic rings. The first kappa shape index (κ1) is 24.7. The minimum absolute atomic E-state index is 0.274. The standard InChI is InChI=1S/C28H37FN6O/c1-20-26(31-21-16-22(18-30-17-21)34-12-14-36-15-13-34)25-23(29)6-5-7-24(25)32-27(20)35-10-8-33(9-11-35)19-28(2,3)4/h5-7,16-18H,8-15,19H2,1-4H3,(H,31,32). The molecular formula is C28H37FN6O. The third-order valence-electron chi connectivity index (χ3n) is 6.92. The molecule has 0 aliphatic carbocycles. The first-order valence-corrected chi connectivity index (χ1v) is 12.9. The van der Waals surface area contributed by atoms with E-state index in [9.17, 15) is 0 Å². The Kier molecular flexibility index (Phi) is 6.99. The average molecular weight is 493 g/mol. The smallest absolute Gasteiger partial charge is 0.134 e. The first-order valence-electron chi connectivity index (χ1n) is 12.9. The molecule has 0 bridgehead atoms. The summed E-state index contributed by atoms with van der Waals surface area (Å²) in [7, 11) is 0. The Morgan fingerprint density at radius 3 is 2.47 bits per heavy atom. The minimum Gasteiger partial charge on any atom is -0.378 e. The number of rotatable bonds is 5. The molecule has 192 valence electrons. The average Bonchev–Trinajstić information content (AvgIpc) is 2.86. The Bertz CT molecular complexity index is 1210. The van der Waals surface area contributed by atoms with Crippen molar-refractivity contribution < 1.29 is 9.13 Å². The van der Waals surface area contributed by atoms with Gasteiger partial charge in [-0.15, -0.1) is 0 Å². The van der Waals surface area contributed by atoms with Gasteiger partial charge in [0.15, 0.2) is 0 Å². The molecule has 3 aromatic rings. The number of hydrogen-bond donors (Lipinski definition) is 1. The normalized spacial score (nSPS) is 17.6. The van der Waals surface area contributed by atoms with E-state index in [4.69, 9.17) is 9.72 Å². The van der Waals surface area contributed by atoms with Gasteiger partial charge in [0.2, 0.25) is 0 Å². The summed E-state index contributed by atoms with van der Waals surface area (Å²) in [6, 6.07) is 7.21. The van der Waals surface area contributed by atoms with Crippen LogP contribution in [0.5, 0.6) is 0 Å². The number of piperazine rings is 1. The molecule has 0 unspecified atom stereocenters. The van der Waals surface area contributed by atoms with E-state index in [-0.39, 0.29) is 11.2 Å². The second-order valence-corrected chi connectivity index (χ2v) is 11.0. The van der Waals surface area contributed by atoms with Crippen molar-refractivity contribution in [2.75, 3.05) is 74.1 Å². The third kappa shape index (κ3) is 5.39. The number of halogens is 1. The Morgan fingerprint density at radius 2 is 1.75 bits per heavy atom. The van der Waals surface area contributed by atoms with Crippen LogP contribution in [0.4, 0.5) is 27.3 Å². The number of fused-ring (bicyclic) bond motifs is 1. The molecule has 0 amide bonds. The summed E-state index contributed by atoms with van der Waals surface area (Å²) in [6.45, 7) is 16.8. The highest BCUT2D eigenvalue weighted by atomic mass is 19.1. The number of nitrogens with one attached hydrogen (secondary N) is 1. The van der Waals surface area contributed by atoms with Crippen LogP contribution in [0, 0.1) is 18.2 Å². The summed E-state index contributed by atoms with van der Waals surface area (Å²) < 4.78 is 20.6. The summed E-state index contributed by atoms with van der Waals surface area (Å²) in [4.78, 5) is 16.5. The van der Waals surface area contributed by atoms with Crippen LogP contribution < -0.4 is 15.1 Å². The number of aromatic nitrogens is 2. The van der Waals surface area contributed by atoms with E-state index in [1.807, 2.05) is 19.2 Å². The molecule has 0 spiro atoms. The van der Waals surface area contributed by atoms with E-state index in [2.05, 4.69) is 51.8 Å². The van der Waals surface area contributed by atoms with Crippen LogP contribution in [-0.2, 0) is 4.74 Å². The largest absolute Gasteiger partial charge is 0.378 e. The van der Waals surface area contributed by atoms with Crippen LogP contribution >= 0.6 is 0 Å². The predicted octanol–water partition coefficient (Wildman–Crippen LogP) is 4.83. The Hall–Kier alpha value is -2.97. The lowest BCUT2D eigenvalue weighted by molar-refractivity contribution is 0.122. The van der Waals surface area contributed by atoms with Gasteiger partial charge in [0, 0.05) is 51.4 Å². The number of benzene rings is 1. The number of nitrogens with zero attached hydrogens (tertiary/aromatic N) is 5. The van der Waals surface area contributed by atoms with Crippen molar-refractivity contribution in [1.29, 1.82) is 0 Å². The zero-order valence-electron chi connectivity index (χ0n) is 21.9. The molecule has 4 heterocycles. The number of morpholine rings is 1. The lowest BCUT2D eigenvalue weighted by Crippen LogP contribution is -2.49. The topological polar surface area (TPSA) is 56.8 Å². The molecule has 2 aromatic heterocycles. The van der Waals surface area contributed by atoms with Crippen molar-refractivity contribution in [1.82, 2.24) is 14.9 Å². The van der Waals surface area contributed by atoms with Gasteiger partial charge in [-0.2, -0.15) is 0 Å². The molecule has 7 nitrogen and oxygen atoms in total. The van der Waals surface area contributed by atoms with E-state index >= 15 is 4.39 Å². The lowest BCUT2D eigenvalue weighted by atomic mass is 9.96. The van der Waals surface area contributed by atoms with Crippen LogP contribution in [0.2, 0.25) is 0 Å². The van der Waals surface area contributed by atoms with Crippen LogP contribution in [0.3, 0.4) is 0 Å². The highest BCUT2D eigenvalue weighted by Crippen LogP contribution is 2.37. The van der Waals surface area contributed by atoms with Gasteiger partial charge in [-0.1, -0.05) is 26.8 Å². The van der Waals surface area contributed by atoms with E-state index in [1.54, 1.807) is 12.3 Å². The first-order chi connectivity index (χ1) is 17.3. The molecule has 1 N–H and O–H groups in total. The van der Waals surface area contributed by atoms with Crippen molar-refractivity contribution in [2.24, 2.45) is 5.41 Å². The van der Waals surface area contributed by atoms with Gasteiger partial charge < -0.3 is 19.9 Å². The molecule has 8 heteroatoms. The Morgan fingerprint density at radius 1 is 1.00 bits per heavy atom. The van der Waals surface area contributed by atoms with Crippen molar-refractivity contribution in [3.05, 3.63) is 48.0 Å². The van der Waals surface area contributed by atoms with Gasteiger partial charge in [0.1, 0.15) is 11.6 Å². The molecule has 0 saturated carbocycles. The van der Waals surface area contributed by atoms with Gasteiger partial charge in [0.05, 0.1) is 53.6 Å². The maximum atomic E-state index is 15.1. The Balaban J connectivity index is 1.46. The van der Waals surface area contributed by atoms with Gasteiger partial charge in [-0.25, -0.2) is 9.37 Å². The fraction of sp³-hybridized carbons (Fsp3) is 0.500. The molecule has 2 saturated heterocycles. The van der Waals surface area contributed by atoms with E-state index in [0.717, 1.165) is 74.3 Å². The maximum absolute atomic E-state index is 15.1. The van der Waals surface area contributed by atoms with Crippen LogP contribution in [0.15, 0.2) is 36.7 Å². The third-order valence-corrected chi connectivity index (χ3v) is 6.92. The second kappa shape index (κ2) is 10.2. The fourth-order valence-corrected chi connectivity index (χ4v) is 5.24. The SMILES string of the molecule is Cc1c(N2CCN(CC(C)(C)C)CC2)nc2cccc(F)c2c1Nc1cncc(N2CCOCC2)c1. The fourth-order valence-electron chi connectivity index (χ4n) is 5.24. The molecule has 1 aromatic carbocycles. The van der Waals surface area contributed by atoms with Crippen molar-refractivity contribution in [3.63, 3.8) is 0 Å². The molecule has 5 rings (SSSR count).